The largest absolute Gasteiger partial charge is 0.394 e. The number of aliphatic hydroxyl groups excluding tert-OH is 1. The number of hydrogen-bond donors (Lipinski definition) is 1. The molecule has 0 heterocycles. The van der Waals surface area contributed by atoms with Crippen molar-refractivity contribution in [2.45, 2.75) is 6.92 Å². The van der Waals surface area contributed by atoms with Gasteiger partial charge >= 0.3 is 0 Å². The molecule has 0 amide bonds. The maximum absolute atomic E-state index is 8.08. The lowest BCUT2D eigenvalue weighted by molar-refractivity contribution is 0.307. The lowest BCUT2D eigenvalue weighted by Gasteiger charge is -1.78. The van der Waals surface area contributed by atoms with Gasteiger partial charge in [-0.3, -0.25) is 4.99 Å². The van der Waals surface area contributed by atoms with E-state index in [-0.39, 0.29) is 6.61 Å². The first-order valence-electron chi connectivity index (χ1n) is 1.97. The summed E-state index contributed by atoms with van der Waals surface area (Å²) in [4.78, 5) is 3.72. The summed E-state index contributed by atoms with van der Waals surface area (Å²) in [5, 5.41) is 8.08. The van der Waals surface area contributed by atoms with E-state index in [2.05, 4.69) is 4.99 Å². The summed E-state index contributed by atoms with van der Waals surface area (Å²) in [6.07, 6.45) is 1.68. The Balaban J connectivity index is 2.66. The summed E-state index contributed by atoms with van der Waals surface area (Å²) in [6.45, 7) is 2.52. The van der Waals surface area contributed by atoms with Gasteiger partial charge in [0.25, 0.3) is 0 Å². The molecule has 36 valence electrons. The van der Waals surface area contributed by atoms with Gasteiger partial charge in [-0.15, -0.1) is 0 Å². The highest BCUT2D eigenvalue weighted by atomic mass is 16.3. The molecule has 0 bridgehead atoms. The van der Waals surface area contributed by atoms with Crippen LogP contribution in [-0.4, -0.2) is 24.5 Å². The van der Waals surface area contributed by atoms with Crippen LogP contribution in [0.4, 0.5) is 0 Å². The summed E-state index contributed by atoms with van der Waals surface area (Å²) >= 11 is 0. The third-order valence-electron chi connectivity index (χ3n) is 0.412. The summed E-state index contributed by atoms with van der Waals surface area (Å²) in [7, 11) is 0. The molecule has 0 saturated carbocycles. The Morgan fingerprint density at radius 1 is 1.83 bits per heavy atom. The van der Waals surface area contributed by atoms with Gasteiger partial charge in [-0.2, -0.15) is 0 Å². The van der Waals surface area contributed by atoms with Crippen molar-refractivity contribution in [1.29, 1.82) is 0 Å². The molecule has 1 N–H and O–H groups in total. The maximum atomic E-state index is 8.08. The Morgan fingerprint density at radius 3 is 2.67 bits per heavy atom. The van der Waals surface area contributed by atoms with Gasteiger partial charge in [-0.25, -0.2) is 0 Å². The van der Waals surface area contributed by atoms with Crippen molar-refractivity contribution >= 4 is 6.21 Å². The zero-order chi connectivity index (χ0) is 4.83. The second-order valence-electron chi connectivity index (χ2n) is 0.888. The fourth-order valence-electron chi connectivity index (χ4n) is 0.187. The molecule has 0 aromatic carbocycles. The van der Waals surface area contributed by atoms with E-state index in [1.165, 1.54) is 0 Å². The van der Waals surface area contributed by atoms with Crippen LogP contribution in [-0.2, 0) is 0 Å². The van der Waals surface area contributed by atoms with Crippen molar-refractivity contribution in [3.8, 4) is 0 Å². The van der Waals surface area contributed by atoms with E-state index < -0.39 is 0 Å². The van der Waals surface area contributed by atoms with E-state index in [0.29, 0.717) is 6.54 Å². The van der Waals surface area contributed by atoms with E-state index in [1.54, 1.807) is 6.21 Å². The average molecular weight is 87.1 g/mol. The van der Waals surface area contributed by atoms with Crippen molar-refractivity contribution in [1.82, 2.24) is 0 Å². The van der Waals surface area contributed by atoms with Gasteiger partial charge in [-0.1, -0.05) is 0 Å². The van der Waals surface area contributed by atoms with Gasteiger partial charge in [0.05, 0.1) is 13.2 Å². The van der Waals surface area contributed by atoms with E-state index in [0.717, 1.165) is 0 Å². The predicted molar refractivity (Wildman–Crippen MR) is 26.1 cm³/mol. The molecule has 0 atom stereocenters. The summed E-state index contributed by atoms with van der Waals surface area (Å²) in [6, 6.07) is 0. The lowest BCUT2D eigenvalue weighted by atomic mass is 10.7. The topological polar surface area (TPSA) is 32.6 Å². The fourth-order valence-corrected chi connectivity index (χ4v) is 0.187. The van der Waals surface area contributed by atoms with E-state index in [1.807, 2.05) is 6.92 Å². The van der Waals surface area contributed by atoms with Crippen molar-refractivity contribution in [3.63, 3.8) is 0 Å². The van der Waals surface area contributed by atoms with Crippen molar-refractivity contribution in [2.75, 3.05) is 13.2 Å². The normalized spacial score (nSPS) is 10.3. The second kappa shape index (κ2) is 4.63. The Bertz CT molecular complexity index is 42.8. The number of rotatable bonds is 2. The van der Waals surface area contributed by atoms with Crippen LogP contribution < -0.4 is 0 Å². The van der Waals surface area contributed by atoms with Crippen LogP contribution >= 0.6 is 0 Å². The molecule has 0 aliphatic heterocycles. The average Bonchev–Trinajstić information content (AvgIpc) is 1.61. The van der Waals surface area contributed by atoms with Gasteiger partial charge in [0.15, 0.2) is 0 Å². The highest BCUT2D eigenvalue weighted by molar-refractivity contribution is 5.53. The summed E-state index contributed by atoms with van der Waals surface area (Å²) in [5.41, 5.74) is 0. The van der Waals surface area contributed by atoms with Crippen LogP contribution in [0.25, 0.3) is 0 Å². The van der Waals surface area contributed by atoms with Crippen molar-refractivity contribution in [2.24, 2.45) is 4.99 Å². The predicted octanol–water partition coefficient (Wildman–Crippen LogP) is 0.0694. The Hall–Kier alpha value is -0.370. The van der Waals surface area contributed by atoms with Crippen LogP contribution in [0, 0.1) is 0 Å². The smallest absolute Gasteiger partial charge is 0.0626 e. The van der Waals surface area contributed by atoms with Gasteiger partial charge in [0, 0.05) is 0 Å². The van der Waals surface area contributed by atoms with Crippen LogP contribution in [0.1, 0.15) is 6.92 Å². The van der Waals surface area contributed by atoms with E-state index in [4.69, 9.17) is 5.11 Å². The Kier molecular flexibility index (Phi) is 4.34. The van der Waals surface area contributed by atoms with Crippen molar-refractivity contribution < 1.29 is 5.11 Å². The molecule has 0 saturated heterocycles. The molecule has 0 spiro atoms. The molecule has 0 aromatic heterocycles. The van der Waals surface area contributed by atoms with Crippen molar-refractivity contribution in [3.05, 3.63) is 0 Å². The highest BCUT2D eigenvalue weighted by Gasteiger charge is 1.65. The number of aliphatic imine (C=N–C) groups is 1. The number of hydrogen-bond acceptors (Lipinski definition) is 2. The standard InChI is InChI=1S/C4H9NO/c1-2-5-3-4-6/h2,6H,3-4H2,1H3. The Labute approximate surface area is 37.5 Å². The molecule has 0 aromatic rings. The minimum atomic E-state index is 0.157. The quantitative estimate of drug-likeness (QED) is 0.475. The SMILES string of the molecule is CC=NCCO. The first kappa shape index (κ1) is 5.63. The summed E-state index contributed by atoms with van der Waals surface area (Å²) < 4.78 is 0. The minimum absolute atomic E-state index is 0.157. The maximum Gasteiger partial charge on any atom is 0.0626 e. The minimum Gasteiger partial charge on any atom is -0.394 e. The third kappa shape index (κ3) is 3.63. The van der Waals surface area contributed by atoms with Gasteiger partial charge in [-0.05, 0) is 13.1 Å². The fraction of sp³-hybridized carbons (Fsp3) is 0.750. The first-order chi connectivity index (χ1) is 2.91. The van der Waals surface area contributed by atoms with Crippen LogP contribution in [0.5, 0.6) is 0 Å². The Morgan fingerprint density at radius 2 is 2.50 bits per heavy atom. The second-order valence-corrected chi connectivity index (χ2v) is 0.888. The summed E-state index contributed by atoms with van der Waals surface area (Å²) in [5.74, 6) is 0. The highest BCUT2D eigenvalue weighted by Crippen LogP contribution is 1.60. The van der Waals surface area contributed by atoms with Crippen LogP contribution in [0.2, 0.25) is 0 Å². The van der Waals surface area contributed by atoms with Gasteiger partial charge in [0.2, 0.25) is 0 Å². The molecule has 2 heteroatoms. The van der Waals surface area contributed by atoms with Crippen LogP contribution in [0.3, 0.4) is 0 Å². The third-order valence-corrected chi connectivity index (χ3v) is 0.412. The van der Waals surface area contributed by atoms with Crippen LogP contribution in [0.15, 0.2) is 4.99 Å². The monoisotopic (exact) mass is 87.1 g/mol. The molecule has 0 radical (unpaired) electrons. The lowest BCUT2D eigenvalue weighted by Crippen LogP contribution is -1.84. The zero-order valence-corrected chi connectivity index (χ0v) is 3.89. The van der Waals surface area contributed by atoms with Gasteiger partial charge < -0.3 is 5.11 Å². The zero-order valence-electron chi connectivity index (χ0n) is 3.89. The van der Waals surface area contributed by atoms with E-state index in [9.17, 15) is 0 Å². The molecule has 2 nitrogen and oxygen atoms in total. The first-order valence-corrected chi connectivity index (χ1v) is 1.97. The molecule has 0 rings (SSSR count). The molecule has 0 fully saturated rings. The molecule has 6 heavy (non-hydrogen) atoms. The molecule has 0 aliphatic rings. The van der Waals surface area contributed by atoms with E-state index >= 15 is 0 Å². The van der Waals surface area contributed by atoms with Gasteiger partial charge in [0.1, 0.15) is 0 Å². The molecule has 0 unspecified atom stereocenters. The molecule has 0 aliphatic carbocycles. The number of aliphatic hydroxyl groups is 1. The number of nitrogens with zero attached hydrogens (tertiary/aromatic N) is 1. The molecular weight excluding hydrogens is 78.0 g/mol. The molecular formula is C4H9NO.